The topological polar surface area (TPSA) is 44.8 Å². The summed E-state index contributed by atoms with van der Waals surface area (Å²) in [5.41, 5.74) is 3.34. The number of unbranched alkanes of at least 4 members (excludes halogenated alkanes) is 1. The predicted molar refractivity (Wildman–Crippen MR) is 136 cm³/mol. The largest absolute Gasteiger partial charge is 0.494 e. The minimum Gasteiger partial charge on any atom is -0.494 e. The van der Waals surface area contributed by atoms with E-state index in [4.69, 9.17) is 4.74 Å². The highest BCUT2D eigenvalue weighted by Crippen LogP contribution is 2.31. The van der Waals surface area contributed by atoms with Crippen molar-refractivity contribution >= 4 is 51.1 Å². The molecule has 1 saturated heterocycles. The highest BCUT2D eigenvalue weighted by Gasteiger charge is 2.18. The number of ether oxygens (including phenoxy) is 1. The number of amides is 1. The average Bonchev–Trinajstić information content (AvgIpc) is 3.33. The Morgan fingerprint density at radius 3 is 2.91 bits per heavy atom. The van der Waals surface area contributed by atoms with Gasteiger partial charge < -0.3 is 19.9 Å². The van der Waals surface area contributed by atoms with Gasteiger partial charge in [-0.3, -0.25) is 4.79 Å². The van der Waals surface area contributed by atoms with Gasteiger partial charge in [-0.2, -0.15) is 0 Å². The molecule has 5 rings (SSSR count). The van der Waals surface area contributed by atoms with E-state index in [9.17, 15) is 4.79 Å². The van der Waals surface area contributed by atoms with Crippen LogP contribution < -0.4 is 15.0 Å². The minimum absolute atomic E-state index is 0. The first kappa shape index (κ1) is 22.9. The molecule has 32 heavy (non-hydrogen) atoms. The van der Waals surface area contributed by atoms with Crippen LogP contribution in [0.15, 0.2) is 47.8 Å². The zero-order valence-electron chi connectivity index (χ0n) is 18.2. The fourth-order valence-corrected chi connectivity index (χ4v) is 5.41. The normalized spacial score (nSPS) is 16.4. The SMILES string of the molecule is Cl.O=C1Cc2ccc(OCCCCN3CCCN(c4cccc5sccc45)CC3)cc2N1. The van der Waals surface area contributed by atoms with Crippen LogP contribution in [0.2, 0.25) is 0 Å². The van der Waals surface area contributed by atoms with Crippen molar-refractivity contribution in [1.82, 2.24) is 4.90 Å². The molecule has 5 nitrogen and oxygen atoms in total. The molecule has 1 fully saturated rings. The molecule has 2 aliphatic rings. The zero-order valence-corrected chi connectivity index (χ0v) is 19.9. The number of benzene rings is 2. The lowest BCUT2D eigenvalue weighted by Gasteiger charge is -2.24. The number of carbonyl (C=O) groups is 1. The minimum atomic E-state index is 0. The number of nitrogens with zero attached hydrogens (tertiary/aromatic N) is 2. The van der Waals surface area contributed by atoms with Gasteiger partial charge in [0.1, 0.15) is 5.75 Å². The second kappa shape index (κ2) is 10.6. The molecule has 7 heteroatoms. The third kappa shape index (κ3) is 5.20. The van der Waals surface area contributed by atoms with Gasteiger partial charge in [0, 0.05) is 47.2 Å². The Bertz CT molecular complexity index is 1070. The van der Waals surface area contributed by atoms with Gasteiger partial charge in [-0.1, -0.05) is 12.1 Å². The zero-order chi connectivity index (χ0) is 21.0. The number of carbonyl (C=O) groups excluding carboxylic acids is 1. The van der Waals surface area contributed by atoms with Crippen molar-refractivity contribution < 1.29 is 9.53 Å². The highest BCUT2D eigenvalue weighted by atomic mass is 35.5. The smallest absolute Gasteiger partial charge is 0.228 e. The molecule has 0 aliphatic carbocycles. The lowest BCUT2D eigenvalue weighted by molar-refractivity contribution is -0.115. The third-order valence-electron chi connectivity index (χ3n) is 6.25. The third-order valence-corrected chi connectivity index (χ3v) is 7.13. The maximum atomic E-state index is 11.5. The van der Waals surface area contributed by atoms with Crippen LogP contribution in [0.4, 0.5) is 11.4 Å². The van der Waals surface area contributed by atoms with Crippen LogP contribution in [-0.2, 0) is 11.2 Å². The molecule has 1 aromatic heterocycles. The molecule has 170 valence electrons. The molecule has 0 bridgehead atoms. The van der Waals surface area contributed by atoms with Crippen molar-refractivity contribution in [3.63, 3.8) is 0 Å². The molecule has 0 saturated carbocycles. The van der Waals surface area contributed by atoms with Crippen LogP contribution in [0.25, 0.3) is 10.1 Å². The summed E-state index contributed by atoms with van der Waals surface area (Å²) in [6.45, 7) is 6.34. The van der Waals surface area contributed by atoms with Gasteiger partial charge in [-0.05, 0) is 67.6 Å². The van der Waals surface area contributed by atoms with E-state index < -0.39 is 0 Å². The number of hydrogen-bond acceptors (Lipinski definition) is 5. The predicted octanol–water partition coefficient (Wildman–Crippen LogP) is 5.19. The van der Waals surface area contributed by atoms with E-state index in [2.05, 4.69) is 44.8 Å². The van der Waals surface area contributed by atoms with E-state index >= 15 is 0 Å². The van der Waals surface area contributed by atoms with Gasteiger partial charge in [0.15, 0.2) is 0 Å². The van der Waals surface area contributed by atoms with Crippen molar-refractivity contribution in [1.29, 1.82) is 0 Å². The molecule has 2 aliphatic heterocycles. The maximum Gasteiger partial charge on any atom is 0.228 e. The number of halogens is 1. The van der Waals surface area contributed by atoms with Crippen LogP contribution in [0.5, 0.6) is 5.75 Å². The Hall–Kier alpha value is -2.28. The molecular formula is C25H30ClN3O2S. The number of anilines is 2. The number of nitrogens with one attached hydrogen (secondary N) is 1. The summed E-state index contributed by atoms with van der Waals surface area (Å²) in [5.74, 6) is 0.907. The van der Waals surface area contributed by atoms with Crippen LogP contribution >= 0.6 is 23.7 Å². The van der Waals surface area contributed by atoms with E-state index in [1.807, 2.05) is 29.5 Å². The first-order valence-corrected chi connectivity index (χ1v) is 12.1. The molecule has 2 aromatic carbocycles. The summed E-state index contributed by atoms with van der Waals surface area (Å²) in [4.78, 5) is 16.6. The van der Waals surface area contributed by atoms with Gasteiger partial charge in [-0.25, -0.2) is 0 Å². The number of thiophene rings is 1. The summed E-state index contributed by atoms with van der Waals surface area (Å²) < 4.78 is 7.29. The first-order valence-electron chi connectivity index (χ1n) is 11.3. The summed E-state index contributed by atoms with van der Waals surface area (Å²) in [6.07, 6.45) is 3.86. The summed E-state index contributed by atoms with van der Waals surface area (Å²) in [6, 6.07) is 14.8. The van der Waals surface area contributed by atoms with Gasteiger partial charge in [-0.15, -0.1) is 23.7 Å². The van der Waals surface area contributed by atoms with Crippen molar-refractivity contribution in [3.8, 4) is 5.75 Å². The summed E-state index contributed by atoms with van der Waals surface area (Å²) in [5, 5.41) is 6.47. The maximum absolute atomic E-state index is 11.5. The quantitative estimate of drug-likeness (QED) is 0.482. The number of fused-ring (bicyclic) bond motifs is 2. The van der Waals surface area contributed by atoms with E-state index in [1.165, 1.54) is 28.7 Å². The van der Waals surface area contributed by atoms with E-state index in [0.717, 1.165) is 56.0 Å². The van der Waals surface area contributed by atoms with Crippen LogP contribution in [0, 0.1) is 0 Å². The van der Waals surface area contributed by atoms with Crippen LogP contribution in [0.1, 0.15) is 24.8 Å². The highest BCUT2D eigenvalue weighted by molar-refractivity contribution is 7.17. The Labute approximate surface area is 199 Å². The van der Waals surface area contributed by atoms with Crippen molar-refractivity contribution in [2.24, 2.45) is 0 Å². The lowest BCUT2D eigenvalue weighted by atomic mass is 10.1. The van der Waals surface area contributed by atoms with E-state index in [0.29, 0.717) is 13.0 Å². The Morgan fingerprint density at radius 2 is 1.97 bits per heavy atom. The molecule has 3 heterocycles. The first-order chi connectivity index (χ1) is 15.3. The van der Waals surface area contributed by atoms with Gasteiger partial charge in [0.05, 0.1) is 13.0 Å². The summed E-state index contributed by atoms with van der Waals surface area (Å²) >= 11 is 1.82. The molecule has 3 aromatic rings. The average molecular weight is 472 g/mol. The molecule has 1 N–H and O–H groups in total. The molecule has 0 spiro atoms. The summed E-state index contributed by atoms with van der Waals surface area (Å²) in [7, 11) is 0. The lowest BCUT2D eigenvalue weighted by Crippen LogP contribution is -2.31. The van der Waals surface area contributed by atoms with E-state index in [1.54, 1.807) is 0 Å². The molecule has 0 radical (unpaired) electrons. The van der Waals surface area contributed by atoms with E-state index in [-0.39, 0.29) is 18.3 Å². The van der Waals surface area contributed by atoms with Crippen molar-refractivity contribution in [2.45, 2.75) is 25.7 Å². The molecular weight excluding hydrogens is 442 g/mol. The fourth-order valence-electron chi connectivity index (χ4n) is 4.60. The van der Waals surface area contributed by atoms with Gasteiger partial charge in [0.2, 0.25) is 5.91 Å². The molecule has 0 atom stereocenters. The molecule has 1 amide bonds. The Balaban J connectivity index is 0.00000245. The van der Waals surface area contributed by atoms with Crippen LogP contribution in [-0.4, -0.2) is 50.1 Å². The number of hydrogen-bond donors (Lipinski definition) is 1. The number of rotatable bonds is 7. The van der Waals surface area contributed by atoms with Crippen molar-refractivity contribution in [2.75, 3.05) is 49.5 Å². The molecule has 0 unspecified atom stereocenters. The van der Waals surface area contributed by atoms with Crippen LogP contribution in [0.3, 0.4) is 0 Å². The Morgan fingerprint density at radius 1 is 1.03 bits per heavy atom. The monoisotopic (exact) mass is 471 g/mol. The van der Waals surface area contributed by atoms with Gasteiger partial charge >= 0.3 is 0 Å². The Kier molecular flexibility index (Phi) is 7.55. The standard InChI is InChI=1S/C25H29N3O2S.ClH/c29-25-17-19-7-8-20(18-22(19)26-25)30-15-2-1-10-27-11-4-12-28(14-13-27)23-5-3-6-24-21(23)9-16-31-24;/h3,5-9,16,18H,1-2,4,10-15,17H2,(H,26,29);1H. The second-order valence-electron chi connectivity index (χ2n) is 8.39. The fraction of sp³-hybridized carbons (Fsp3) is 0.400. The second-order valence-corrected chi connectivity index (χ2v) is 9.34. The van der Waals surface area contributed by atoms with Gasteiger partial charge in [0.25, 0.3) is 0 Å². The van der Waals surface area contributed by atoms with Crippen molar-refractivity contribution in [3.05, 3.63) is 53.4 Å².